The van der Waals surface area contributed by atoms with E-state index in [0.29, 0.717) is 33.3 Å². The van der Waals surface area contributed by atoms with Gasteiger partial charge < -0.3 is 15.6 Å². The van der Waals surface area contributed by atoms with Crippen molar-refractivity contribution >= 4 is 17.4 Å². The Kier molecular flexibility index (Phi) is 2.85. The Hall–Kier alpha value is -1.88. The second-order valence-corrected chi connectivity index (χ2v) is 4.02. The Morgan fingerprint density at radius 3 is 2.71 bits per heavy atom. The van der Waals surface area contributed by atoms with Gasteiger partial charge in [0.2, 0.25) is 0 Å². The number of aromatic hydroxyl groups is 1. The van der Waals surface area contributed by atoms with Gasteiger partial charge in [-0.1, -0.05) is 11.6 Å². The highest BCUT2D eigenvalue weighted by atomic mass is 35.5. The van der Waals surface area contributed by atoms with Gasteiger partial charge in [-0.3, -0.25) is 5.10 Å². The molecule has 0 bridgehead atoms. The third-order valence-electron chi connectivity index (χ3n) is 2.60. The third kappa shape index (κ3) is 1.78. The van der Waals surface area contributed by atoms with E-state index in [1.807, 2.05) is 0 Å². The molecule has 0 radical (unpaired) electrons. The van der Waals surface area contributed by atoms with Gasteiger partial charge in [-0.15, -0.1) is 0 Å². The van der Waals surface area contributed by atoms with Crippen molar-refractivity contribution in [3.63, 3.8) is 0 Å². The zero-order valence-corrected chi connectivity index (χ0v) is 10.2. The summed E-state index contributed by atoms with van der Waals surface area (Å²) in [5.74, 6) is 0.912. The minimum absolute atomic E-state index is 0.0827. The van der Waals surface area contributed by atoms with E-state index in [2.05, 4.69) is 10.2 Å². The van der Waals surface area contributed by atoms with Crippen LogP contribution in [-0.4, -0.2) is 22.4 Å². The van der Waals surface area contributed by atoms with Crippen LogP contribution in [0.25, 0.3) is 11.1 Å². The van der Waals surface area contributed by atoms with Gasteiger partial charge in [-0.25, -0.2) is 0 Å². The molecular formula is C11H12ClN3O2. The number of nitrogens with two attached hydrogens (primary N) is 1. The Morgan fingerprint density at radius 2 is 2.18 bits per heavy atom. The van der Waals surface area contributed by atoms with E-state index in [1.165, 1.54) is 13.3 Å². The fourth-order valence-corrected chi connectivity index (χ4v) is 2.04. The van der Waals surface area contributed by atoms with Crippen molar-refractivity contribution in [2.45, 2.75) is 6.92 Å². The van der Waals surface area contributed by atoms with Gasteiger partial charge in [0.25, 0.3) is 0 Å². The predicted octanol–water partition coefficient (Wildman–Crippen LogP) is 2.33. The topological polar surface area (TPSA) is 84.2 Å². The molecular weight excluding hydrogens is 242 g/mol. The van der Waals surface area contributed by atoms with Crippen LogP contribution in [0.2, 0.25) is 5.02 Å². The number of aromatic amines is 1. The SMILES string of the molecule is COc1c(Cl)cc(-c2cn[nH]c2N)c(O)c1C. The maximum absolute atomic E-state index is 10.1. The number of H-pyrrole nitrogens is 1. The molecule has 0 aliphatic heterocycles. The summed E-state index contributed by atoms with van der Waals surface area (Å²) in [5.41, 5.74) is 7.41. The molecule has 0 amide bonds. The lowest BCUT2D eigenvalue weighted by Crippen LogP contribution is -1.93. The van der Waals surface area contributed by atoms with E-state index in [9.17, 15) is 5.11 Å². The highest BCUT2D eigenvalue weighted by Crippen LogP contribution is 2.42. The number of benzene rings is 1. The molecule has 5 nitrogen and oxygen atoms in total. The van der Waals surface area contributed by atoms with Gasteiger partial charge in [0.15, 0.2) is 0 Å². The Morgan fingerprint density at radius 1 is 1.47 bits per heavy atom. The lowest BCUT2D eigenvalue weighted by molar-refractivity contribution is 0.403. The van der Waals surface area contributed by atoms with Crippen molar-refractivity contribution in [2.75, 3.05) is 12.8 Å². The van der Waals surface area contributed by atoms with Crippen LogP contribution in [0, 0.1) is 6.92 Å². The third-order valence-corrected chi connectivity index (χ3v) is 2.88. The van der Waals surface area contributed by atoms with Crippen molar-refractivity contribution in [1.82, 2.24) is 10.2 Å². The minimum atomic E-state index is 0.0827. The quantitative estimate of drug-likeness (QED) is 0.767. The van der Waals surface area contributed by atoms with E-state index < -0.39 is 0 Å². The summed E-state index contributed by atoms with van der Waals surface area (Å²) in [6, 6.07) is 1.60. The number of halogens is 1. The Balaban J connectivity index is 2.69. The first-order chi connectivity index (χ1) is 8.06. The molecule has 1 aromatic heterocycles. The number of ether oxygens (including phenoxy) is 1. The molecule has 0 unspecified atom stereocenters. The van der Waals surface area contributed by atoms with Gasteiger partial charge in [-0.05, 0) is 13.0 Å². The fourth-order valence-electron chi connectivity index (χ4n) is 1.72. The summed E-state index contributed by atoms with van der Waals surface area (Å²) < 4.78 is 5.11. The lowest BCUT2D eigenvalue weighted by atomic mass is 10.0. The monoisotopic (exact) mass is 253 g/mol. The highest BCUT2D eigenvalue weighted by Gasteiger charge is 2.17. The van der Waals surface area contributed by atoms with Gasteiger partial charge in [0.05, 0.1) is 18.3 Å². The second kappa shape index (κ2) is 4.18. The number of hydrogen-bond donors (Lipinski definition) is 3. The number of nitrogens with zero attached hydrogens (tertiary/aromatic N) is 1. The number of rotatable bonds is 2. The molecule has 2 aromatic rings. The lowest BCUT2D eigenvalue weighted by Gasteiger charge is -2.12. The average Bonchev–Trinajstić information content (AvgIpc) is 2.71. The smallest absolute Gasteiger partial charge is 0.144 e. The van der Waals surface area contributed by atoms with Crippen molar-refractivity contribution in [1.29, 1.82) is 0 Å². The number of hydrogen-bond acceptors (Lipinski definition) is 4. The van der Waals surface area contributed by atoms with Gasteiger partial charge in [-0.2, -0.15) is 5.10 Å². The standard InChI is InChI=1S/C11H12ClN3O2/c1-5-9(16)6(3-8(12)10(5)17-2)7-4-14-15-11(7)13/h3-4,16H,1-2H3,(H3,13,14,15). The first-order valence-corrected chi connectivity index (χ1v) is 5.29. The maximum atomic E-state index is 10.1. The molecule has 1 heterocycles. The number of anilines is 1. The van der Waals surface area contributed by atoms with E-state index in [1.54, 1.807) is 13.0 Å². The zero-order valence-electron chi connectivity index (χ0n) is 9.41. The number of nitrogen functional groups attached to an aromatic ring is 1. The van der Waals surface area contributed by atoms with E-state index in [-0.39, 0.29) is 5.75 Å². The summed E-state index contributed by atoms with van der Waals surface area (Å²) in [4.78, 5) is 0. The number of methoxy groups -OCH3 is 1. The van der Waals surface area contributed by atoms with Gasteiger partial charge in [0.1, 0.15) is 17.3 Å². The molecule has 6 heteroatoms. The van der Waals surface area contributed by atoms with Crippen LogP contribution < -0.4 is 10.5 Å². The molecule has 4 N–H and O–H groups in total. The number of nitrogens with one attached hydrogen (secondary N) is 1. The molecule has 90 valence electrons. The average molecular weight is 254 g/mol. The molecule has 0 aliphatic rings. The van der Waals surface area contributed by atoms with E-state index in [0.717, 1.165) is 0 Å². The Labute approximate surface area is 103 Å². The van der Waals surface area contributed by atoms with E-state index >= 15 is 0 Å². The van der Waals surface area contributed by atoms with Crippen molar-refractivity contribution in [3.05, 3.63) is 22.8 Å². The van der Waals surface area contributed by atoms with Crippen LogP contribution in [0.3, 0.4) is 0 Å². The van der Waals surface area contributed by atoms with Crippen molar-refractivity contribution in [3.8, 4) is 22.6 Å². The largest absolute Gasteiger partial charge is 0.507 e. The highest BCUT2D eigenvalue weighted by molar-refractivity contribution is 6.32. The van der Waals surface area contributed by atoms with Crippen LogP contribution in [-0.2, 0) is 0 Å². The van der Waals surface area contributed by atoms with E-state index in [4.69, 9.17) is 22.1 Å². The predicted molar refractivity (Wildman–Crippen MR) is 66.4 cm³/mol. The van der Waals surface area contributed by atoms with Crippen LogP contribution >= 0.6 is 11.6 Å². The normalized spacial score (nSPS) is 10.5. The van der Waals surface area contributed by atoms with Gasteiger partial charge >= 0.3 is 0 Å². The molecule has 1 aromatic carbocycles. The number of aromatic nitrogens is 2. The van der Waals surface area contributed by atoms with Gasteiger partial charge in [0, 0.05) is 16.7 Å². The Bertz CT molecular complexity index is 566. The maximum Gasteiger partial charge on any atom is 0.144 e. The van der Waals surface area contributed by atoms with Crippen LogP contribution in [0.4, 0.5) is 5.82 Å². The summed E-state index contributed by atoms with van der Waals surface area (Å²) in [7, 11) is 1.50. The molecule has 0 spiro atoms. The first kappa shape index (κ1) is 11.6. The molecule has 17 heavy (non-hydrogen) atoms. The molecule has 0 aliphatic carbocycles. The zero-order chi connectivity index (χ0) is 12.6. The van der Waals surface area contributed by atoms with Crippen molar-refractivity contribution in [2.24, 2.45) is 0 Å². The summed E-state index contributed by atoms with van der Waals surface area (Å²) in [5, 5.41) is 16.9. The number of phenolic OH excluding ortho intramolecular Hbond substituents is 1. The summed E-state index contributed by atoms with van der Waals surface area (Å²) in [6.45, 7) is 1.72. The summed E-state index contributed by atoms with van der Waals surface area (Å²) >= 11 is 6.07. The second-order valence-electron chi connectivity index (χ2n) is 3.61. The van der Waals surface area contributed by atoms with Crippen LogP contribution in [0.15, 0.2) is 12.3 Å². The van der Waals surface area contributed by atoms with Crippen LogP contribution in [0.1, 0.15) is 5.56 Å². The molecule has 0 saturated heterocycles. The molecule has 0 fully saturated rings. The molecule has 2 rings (SSSR count). The molecule has 0 saturated carbocycles. The van der Waals surface area contributed by atoms with Crippen LogP contribution in [0.5, 0.6) is 11.5 Å². The fraction of sp³-hybridized carbons (Fsp3) is 0.182. The number of phenols is 1. The first-order valence-electron chi connectivity index (χ1n) is 4.91. The summed E-state index contributed by atoms with van der Waals surface area (Å²) in [6.07, 6.45) is 1.53. The minimum Gasteiger partial charge on any atom is -0.507 e. The molecule has 0 atom stereocenters. The van der Waals surface area contributed by atoms with Crippen molar-refractivity contribution < 1.29 is 9.84 Å².